The van der Waals surface area contributed by atoms with Crippen LogP contribution < -0.4 is 0 Å². The zero-order valence-electron chi connectivity index (χ0n) is 13.2. The molecule has 0 aliphatic rings. The van der Waals surface area contributed by atoms with Gasteiger partial charge in [-0.2, -0.15) is 0 Å². The van der Waals surface area contributed by atoms with Crippen molar-refractivity contribution in [2.24, 2.45) is 0 Å². The van der Waals surface area contributed by atoms with Gasteiger partial charge in [0.15, 0.2) is 0 Å². The monoisotopic (exact) mass is 366 g/mol. The number of carboxylic acid groups (broad SMARTS) is 1. The predicted octanol–water partition coefficient (Wildman–Crippen LogP) is 3.54. The van der Waals surface area contributed by atoms with E-state index in [0.29, 0.717) is 21.8 Å². The first kappa shape index (κ1) is 16.0. The molecular formula is C18H11ClN4O3. The fourth-order valence-electron chi connectivity index (χ4n) is 2.70. The summed E-state index contributed by atoms with van der Waals surface area (Å²) in [5.74, 6) is -1.81. The average Bonchev–Trinajstić information content (AvgIpc) is 3.15. The molecule has 0 aliphatic heterocycles. The molecule has 8 heteroatoms. The van der Waals surface area contributed by atoms with Crippen molar-refractivity contribution in [3.05, 3.63) is 65.8 Å². The van der Waals surface area contributed by atoms with Gasteiger partial charge in [0.05, 0.1) is 23.2 Å². The second-order valence-electron chi connectivity index (χ2n) is 5.56. The van der Waals surface area contributed by atoms with Crippen LogP contribution in [0, 0.1) is 0 Å². The van der Waals surface area contributed by atoms with E-state index in [9.17, 15) is 15.0 Å². The number of carboxylic acids is 1. The quantitative estimate of drug-likeness (QED) is 0.575. The minimum Gasteiger partial charge on any atom is -0.493 e. The third kappa shape index (κ3) is 2.74. The van der Waals surface area contributed by atoms with E-state index in [1.807, 2.05) is 10.6 Å². The summed E-state index contributed by atoms with van der Waals surface area (Å²) in [5.41, 5.74) is 2.12. The first-order valence-electron chi connectivity index (χ1n) is 7.54. The third-order valence-electron chi connectivity index (χ3n) is 3.93. The number of fused-ring (bicyclic) bond motifs is 1. The van der Waals surface area contributed by atoms with Crippen LogP contribution in [0.4, 0.5) is 0 Å². The molecule has 0 bridgehead atoms. The topological polar surface area (TPSA) is 101 Å². The highest BCUT2D eigenvalue weighted by Crippen LogP contribution is 2.30. The second kappa shape index (κ2) is 6.12. The normalized spacial score (nSPS) is 11.0. The van der Waals surface area contributed by atoms with Gasteiger partial charge in [0.1, 0.15) is 5.56 Å². The van der Waals surface area contributed by atoms with Crippen molar-refractivity contribution in [1.29, 1.82) is 0 Å². The van der Waals surface area contributed by atoms with E-state index in [2.05, 4.69) is 15.0 Å². The van der Waals surface area contributed by atoms with Gasteiger partial charge < -0.3 is 14.8 Å². The SMILES string of the molecule is O=C(O)c1cc(-c2cc(-n3ccnc3)c3ccc(Cl)cc3n2)cnc1O. The molecule has 0 aliphatic carbocycles. The number of pyridine rings is 2. The molecule has 1 aromatic carbocycles. The van der Waals surface area contributed by atoms with Crippen molar-refractivity contribution in [2.45, 2.75) is 0 Å². The maximum atomic E-state index is 11.3. The zero-order chi connectivity index (χ0) is 18.3. The molecule has 0 amide bonds. The second-order valence-corrected chi connectivity index (χ2v) is 5.99. The number of aromatic carboxylic acids is 1. The number of halogens is 1. The van der Waals surface area contributed by atoms with Gasteiger partial charge in [-0.25, -0.2) is 19.7 Å². The van der Waals surface area contributed by atoms with Gasteiger partial charge in [0, 0.05) is 34.6 Å². The molecule has 0 fully saturated rings. The van der Waals surface area contributed by atoms with Crippen LogP contribution in [0.3, 0.4) is 0 Å². The Balaban J connectivity index is 1.99. The van der Waals surface area contributed by atoms with Crippen molar-refractivity contribution in [1.82, 2.24) is 19.5 Å². The van der Waals surface area contributed by atoms with Crippen LogP contribution in [-0.2, 0) is 0 Å². The lowest BCUT2D eigenvalue weighted by atomic mass is 10.1. The molecule has 4 aromatic rings. The fraction of sp³-hybridized carbons (Fsp3) is 0. The van der Waals surface area contributed by atoms with E-state index in [1.54, 1.807) is 36.9 Å². The van der Waals surface area contributed by atoms with Crippen molar-refractivity contribution < 1.29 is 15.0 Å². The summed E-state index contributed by atoms with van der Waals surface area (Å²) in [4.78, 5) is 23.7. The zero-order valence-corrected chi connectivity index (χ0v) is 13.9. The number of aromatic hydroxyl groups is 1. The molecule has 7 nitrogen and oxygen atoms in total. The highest BCUT2D eigenvalue weighted by atomic mass is 35.5. The summed E-state index contributed by atoms with van der Waals surface area (Å²) < 4.78 is 1.83. The maximum Gasteiger partial charge on any atom is 0.341 e. The number of hydrogen-bond donors (Lipinski definition) is 2. The summed E-state index contributed by atoms with van der Waals surface area (Å²) in [6, 6.07) is 8.50. The number of nitrogens with zero attached hydrogens (tertiary/aromatic N) is 4. The van der Waals surface area contributed by atoms with E-state index in [0.717, 1.165) is 11.1 Å². The number of carbonyl (C=O) groups is 1. The number of imidazole rings is 1. The van der Waals surface area contributed by atoms with Gasteiger partial charge in [0.2, 0.25) is 5.88 Å². The number of hydrogen-bond acceptors (Lipinski definition) is 5. The molecule has 3 aromatic heterocycles. The maximum absolute atomic E-state index is 11.3. The molecule has 3 heterocycles. The third-order valence-corrected chi connectivity index (χ3v) is 4.16. The van der Waals surface area contributed by atoms with E-state index < -0.39 is 11.8 Å². The smallest absolute Gasteiger partial charge is 0.341 e. The molecular weight excluding hydrogens is 356 g/mol. The summed E-state index contributed by atoms with van der Waals surface area (Å²) in [6.07, 6.45) is 6.49. The lowest BCUT2D eigenvalue weighted by molar-refractivity contribution is 0.0693. The molecule has 0 unspecified atom stereocenters. The van der Waals surface area contributed by atoms with E-state index in [1.165, 1.54) is 12.3 Å². The molecule has 0 saturated carbocycles. The largest absolute Gasteiger partial charge is 0.493 e. The van der Waals surface area contributed by atoms with Gasteiger partial charge >= 0.3 is 5.97 Å². The standard InChI is InChI=1S/C18H11ClN4O3/c19-11-1-2-12-15(6-11)22-14(7-16(12)23-4-3-20-9-23)10-5-13(18(25)26)17(24)21-8-10/h1-9H,(H,21,24)(H,25,26). The van der Waals surface area contributed by atoms with Gasteiger partial charge in [-0.1, -0.05) is 11.6 Å². The Hall–Kier alpha value is -3.45. The van der Waals surface area contributed by atoms with Gasteiger partial charge in [0.25, 0.3) is 0 Å². The Labute approximate surface area is 152 Å². The summed E-state index contributed by atoms with van der Waals surface area (Å²) in [6.45, 7) is 0. The lowest BCUT2D eigenvalue weighted by Crippen LogP contribution is -2.00. The van der Waals surface area contributed by atoms with E-state index in [-0.39, 0.29) is 5.56 Å². The Morgan fingerprint density at radius 3 is 2.77 bits per heavy atom. The number of rotatable bonds is 3. The Morgan fingerprint density at radius 1 is 1.19 bits per heavy atom. The van der Waals surface area contributed by atoms with Crippen LogP contribution in [0.1, 0.15) is 10.4 Å². The van der Waals surface area contributed by atoms with Gasteiger partial charge in [-0.15, -0.1) is 0 Å². The van der Waals surface area contributed by atoms with Crippen LogP contribution >= 0.6 is 11.6 Å². The van der Waals surface area contributed by atoms with Crippen LogP contribution in [0.15, 0.2) is 55.2 Å². The number of aromatic nitrogens is 4. The van der Waals surface area contributed by atoms with Crippen molar-refractivity contribution in [2.75, 3.05) is 0 Å². The molecule has 0 spiro atoms. The highest BCUT2D eigenvalue weighted by molar-refractivity contribution is 6.31. The van der Waals surface area contributed by atoms with Crippen molar-refractivity contribution >= 4 is 28.5 Å². The fourth-order valence-corrected chi connectivity index (χ4v) is 2.87. The minimum absolute atomic E-state index is 0.292. The highest BCUT2D eigenvalue weighted by Gasteiger charge is 2.15. The van der Waals surface area contributed by atoms with Gasteiger partial charge in [-0.3, -0.25) is 0 Å². The molecule has 4 rings (SSSR count). The molecule has 0 radical (unpaired) electrons. The van der Waals surface area contributed by atoms with Crippen LogP contribution in [0.5, 0.6) is 5.88 Å². The molecule has 0 atom stereocenters. The summed E-state index contributed by atoms with van der Waals surface area (Å²) in [5, 5.41) is 20.2. The predicted molar refractivity (Wildman–Crippen MR) is 95.7 cm³/mol. The number of benzene rings is 1. The lowest BCUT2D eigenvalue weighted by Gasteiger charge is -2.11. The van der Waals surface area contributed by atoms with Crippen molar-refractivity contribution in [3.8, 4) is 22.8 Å². The van der Waals surface area contributed by atoms with E-state index >= 15 is 0 Å². The van der Waals surface area contributed by atoms with E-state index in [4.69, 9.17) is 11.6 Å². The molecule has 2 N–H and O–H groups in total. The first-order chi connectivity index (χ1) is 12.5. The average molecular weight is 367 g/mol. The van der Waals surface area contributed by atoms with Crippen LogP contribution in [0.25, 0.3) is 27.8 Å². The Morgan fingerprint density at radius 2 is 2.04 bits per heavy atom. The summed E-state index contributed by atoms with van der Waals surface area (Å²) >= 11 is 6.10. The first-order valence-corrected chi connectivity index (χ1v) is 7.92. The Bertz CT molecular complexity index is 1140. The molecule has 128 valence electrons. The Kier molecular flexibility index (Phi) is 3.78. The van der Waals surface area contributed by atoms with Crippen LogP contribution in [-0.4, -0.2) is 35.7 Å². The minimum atomic E-state index is -1.27. The van der Waals surface area contributed by atoms with Crippen molar-refractivity contribution in [3.63, 3.8) is 0 Å². The molecule has 26 heavy (non-hydrogen) atoms. The van der Waals surface area contributed by atoms with Crippen LogP contribution in [0.2, 0.25) is 5.02 Å². The summed E-state index contributed by atoms with van der Waals surface area (Å²) in [7, 11) is 0. The van der Waals surface area contributed by atoms with Gasteiger partial charge in [-0.05, 0) is 30.3 Å². The molecule has 0 saturated heterocycles.